The summed E-state index contributed by atoms with van der Waals surface area (Å²) in [4.78, 5) is 0. The molecule has 6 nitrogen and oxygen atoms in total. The van der Waals surface area contributed by atoms with Crippen molar-refractivity contribution in [3.05, 3.63) is 95.8 Å². The lowest BCUT2D eigenvalue weighted by Crippen LogP contribution is -2.43. The second-order valence-corrected chi connectivity index (χ2v) is 8.92. The van der Waals surface area contributed by atoms with Gasteiger partial charge in [0.25, 0.3) is 0 Å². The Balaban J connectivity index is 1.68. The highest BCUT2D eigenvalue weighted by Gasteiger charge is 2.57. The van der Waals surface area contributed by atoms with Gasteiger partial charge in [0.05, 0.1) is 36.7 Å². The van der Waals surface area contributed by atoms with Crippen LogP contribution in [-0.4, -0.2) is 48.6 Å². The molecule has 0 aliphatic rings. The Kier molecular flexibility index (Phi) is 5.86. The number of aryl methyl sites for hydroxylation is 1. The van der Waals surface area contributed by atoms with Crippen LogP contribution in [0, 0.1) is 6.92 Å². The number of hydrogen-bond donors (Lipinski definition) is 3. The molecule has 3 N–H and O–H groups in total. The van der Waals surface area contributed by atoms with E-state index < -0.39 is 24.5 Å². The first kappa shape index (κ1) is 24.1. The zero-order valence-corrected chi connectivity index (χ0v) is 19.3. The molecule has 2 heterocycles. The average molecular weight is 496 g/mol. The fraction of sp³-hybridized carbons (Fsp3) is 0.222. The molecule has 9 heteroatoms. The fourth-order valence-electron chi connectivity index (χ4n) is 4.59. The Bertz CT molecular complexity index is 1540. The molecule has 0 amide bonds. The van der Waals surface area contributed by atoms with Gasteiger partial charge in [0.15, 0.2) is 0 Å². The Labute approximate surface area is 204 Å². The van der Waals surface area contributed by atoms with Crippen molar-refractivity contribution in [1.82, 2.24) is 14.3 Å². The number of aromatic nitrogens is 3. The van der Waals surface area contributed by atoms with E-state index in [2.05, 4.69) is 5.10 Å². The first-order chi connectivity index (χ1) is 17.1. The normalized spacial score (nSPS) is 14.9. The molecular weight excluding hydrogens is 471 g/mol. The SMILES string of the molecule is Cc1ccc(-n2ncc3cc(C(O)(c4cn(CC(O)CO)c5ccccc45)C(F)(F)F)ccc32)cc1. The van der Waals surface area contributed by atoms with E-state index in [9.17, 15) is 28.5 Å². The summed E-state index contributed by atoms with van der Waals surface area (Å²) in [6, 6.07) is 18.0. The third-order valence-corrected chi connectivity index (χ3v) is 6.47. The second kappa shape index (κ2) is 8.77. The molecule has 2 atom stereocenters. The van der Waals surface area contributed by atoms with E-state index in [1.807, 2.05) is 31.2 Å². The van der Waals surface area contributed by atoms with Crippen molar-refractivity contribution in [2.24, 2.45) is 0 Å². The van der Waals surface area contributed by atoms with Gasteiger partial charge in [0.1, 0.15) is 0 Å². The lowest BCUT2D eigenvalue weighted by Gasteiger charge is -2.31. The summed E-state index contributed by atoms with van der Waals surface area (Å²) in [6.07, 6.45) is -3.57. The minimum atomic E-state index is -5.06. The van der Waals surface area contributed by atoms with Gasteiger partial charge in [-0.3, -0.25) is 0 Å². The maximum atomic E-state index is 14.7. The molecule has 2 aromatic heterocycles. The molecular formula is C27H24F3N3O3. The number of alkyl halides is 3. The van der Waals surface area contributed by atoms with Crippen molar-refractivity contribution in [2.45, 2.75) is 31.3 Å². The summed E-state index contributed by atoms with van der Waals surface area (Å²) >= 11 is 0. The molecule has 5 aromatic rings. The van der Waals surface area contributed by atoms with Crippen molar-refractivity contribution >= 4 is 21.8 Å². The number of fused-ring (bicyclic) bond motifs is 2. The van der Waals surface area contributed by atoms with Gasteiger partial charge in [0.2, 0.25) is 5.60 Å². The maximum Gasteiger partial charge on any atom is 0.425 e. The minimum Gasteiger partial charge on any atom is -0.394 e. The van der Waals surface area contributed by atoms with E-state index >= 15 is 0 Å². The number of hydrogen-bond acceptors (Lipinski definition) is 4. The molecule has 0 fully saturated rings. The summed E-state index contributed by atoms with van der Waals surface area (Å²) in [5, 5.41) is 35.6. The van der Waals surface area contributed by atoms with Gasteiger partial charge in [-0.2, -0.15) is 18.3 Å². The number of nitrogens with zero attached hydrogens (tertiary/aromatic N) is 3. The molecule has 0 aliphatic heterocycles. The van der Waals surface area contributed by atoms with Crippen LogP contribution in [0.25, 0.3) is 27.5 Å². The molecule has 2 unspecified atom stereocenters. The number of para-hydroxylation sites is 1. The topological polar surface area (TPSA) is 83.4 Å². The summed E-state index contributed by atoms with van der Waals surface area (Å²) in [5.41, 5.74) is -1.21. The van der Waals surface area contributed by atoms with E-state index in [4.69, 9.17) is 0 Å². The second-order valence-electron chi connectivity index (χ2n) is 8.92. The van der Waals surface area contributed by atoms with Gasteiger partial charge in [0, 0.05) is 28.0 Å². The monoisotopic (exact) mass is 495 g/mol. The van der Waals surface area contributed by atoms with Gasteiger partial charge in [-0.05, 0) is 42.8 Å². The van der Waals surface area contributed by atoms with Crippen LogP contribution in [0.2, 0.25) is 0 Å². The van der Waals surface area contributed by atoms with Crippen LogP contribution in [0.3, 0.4) is 0 Å². The first-order valence-corrected chi connectivity index (χ1v) is 11.3. The number of halogens is 3. The van der Waals surface area contributed by atoms with E-state index in [1.54, 1.807) is 22.9 Å². The van der Waals surface area contributed by atoms with Gasteiger partial charge >= 0.3 is 6.18 Å². The molecule has 36 heavy (non-hydrogen) atoms. The standard InChI is InChI=1S/C27H24F3N3O3/c1-17-6-9-20(10-7-17)33-24-11-8-19(12-18(24)13-31-33)26(36,27(28,29)30)23-15-32(14-21(35)16-34)25-5-3-2-4-22(23)25/h2-13,15,21,34-36H,14,16H2,1H3. The molecule has 0 spiro atoms. The summed E-state index contributed by atoms with van der Waals surface area (Å²) in [6.45, 7) is 1.27. The highest BCUT2D eigenvalue weighted by atomic mass is 19.4. The van der Waals surface area contributed by atoms with Crippen LogP contribution < -0.4 is 0 Å². The Hall–Kier alpha value is -3.66. The van der Waals surface area contributed by atoms with E-state index in [0.717, 1.165) is 11.3 Å². The Morgan fingerprint density at radius 1 is 0.972 bits per heavy atom. The fourth-order valence-corrected chi connectivity index (χ4v) is 4.59. The van der Waals surface area contributed by atoms with Gasteiger partial charge < -0.3 is 19.9 Å². The largest absolute Gasteiger partial charge is 0.425 e. The number of aliphatic hydroxyl groups is 3. The molecule has 0 aliphatic carbocycles. The molecule has 186 valence electrons. The van der Waals surface area contributed by atoms with Gasteiger partial charge in [-0.15, -0.1) is 0 Å². The van der Waals surface area contributed by atoms with E-state index in [-0.39, 0.29) is 23.1 Å². The Morgan fingerprint density at radius 2 is 1.69 bits per heavy atom. The van der Waals surface area contributed by atoms with Crippen molar-refractivity contribution < 1.29 is 28.5 Å². The number of aliphatic hydroxyl groups excluding tert-OH is 2. The molecule has 0 saturated heterocycles. The lowest BCUT2D eigenvalue weighted by atomic mass is 9.85. The highest BCUT2D eigenvalue weighted by Crippen LogP contribution is 2.47. The minimum absolute atomic E-state index is 0.132. The predicted octanol–water partition coefficient (Wildman–Crippen LogP) is 4.44. The third-order valence-electron chi connectivity index (χ3n) is 6.47. The average Bonchev–Trinajstić information content (AvgIpc) is 3.45. The van der Waals surface area contributed by atoms with Gasteiger partial charge in [-0.1, -0.05) is 42.0 Å². The van der Waals surface area contributed by atoms with Crippen LogP contribution in [0.1, 0.15) is 16.7 Å². The lowest BCUT2D eigenvalue weighted by molar-refractivity contribution is -0.247. The summed E-state index contributed by atoms with van der Waals surface area (Å²) in [7, 11) is 0. The van der Waals surface area contributed by atoms with Crippen molar-refractivity contribution in [2.75, 3.05) is 6.61 Å². The quantitative estimate of drug-likeness (QED) is 0.325. The van der Waals surface area contributed by atoms with E-state index in [0.29, 0.717) is 16.4 Å². The van der Waals surface area contributed by atoms with Crippen molar-refractivity contribution in [3.8, 4) is 5.69 Å². The summed E-state index contributed by atoms with van der Waals surface area (Å²) < 4.78 is 47.1. The predicted molar refractivity (Wildman–Crippen MR) is 130 cm³/mol. The first-order valence-electron chi connectivity index (χ1n) is 11.3. The zero-order chi connectivity index (χ0) is 25.7. The number of benzene rings is 3. The van der Waals surface area contributed by atoms with Crippen LogP contribution in [0.5, 0.6) is 0 Å². The summed E-state index contributed by atoms with van der Waals surface area (Å²) in [5.74, 6) is 0. The molecule has 0 radical (unpaired) electrons. The van der Waals surface area contributed by atoms with Crippen molar-refractivity contribution in [3.63, 3.8) is 0 Å². The van der Waals surface area contributed by atoms with E-state index in [1.165, 1.54) is 41.2 Å². The molecule has 5 rings (SSSR count). The van der Waals surface area contributed by atoms with Crippen LogP contribution in [0.15, 0.2) is 79.1 Å². The van der Waals surface area contributed by atoms with Crippen molar-refractivity contribution in [1.29, 1.82) is 0 Å². The number of rotatable bonds is 6. The molecule has 3 aromatic carbocycles. The third kappa shape index (κ3) is 3.85. The molecule has 0 saturated carbocycles. The maximum absolute atomic E-state index is 14.7. The molecule has 0 bridgehead atoms. The highest BCUT2D eigenvalue weighted by molar-refractivity contribution is 5.87. The van der Waals surface area contributed by atoms with Gasteiger partial charge in [-0.25, -0.2) is 4.68 Å². The van der Waals surface area contributed by atoms with Crippen LogP contribution in [0.4, 0.5) is 13.2 Å². The van der Waals surface area contributed by atoms with Crippen LogP contribution >= 0.6 is 0 Å². The van der Waals surface area contributed by atoms with Crippen LogP contribution in [-0.2, 0) is 12.1 Å². The zero-order valence-electron chi connectivity index (χ0n) is 19.3. The smallest absolute Gasteiger partial charge is 0.394 e. The Morgan fingerprint density at radius 3 is 2.39 bits per heavy atom.